The Labute approximate surface area is 188 Å². The fraction of sp³-hybridized carbons (Fsp3) is 0.519. The summed E-state index contributed by atoms with van der Waals surface area (Å²) in [6, 6.07) is 7.56. The molecule has 3 aliphatic rings. The molecule has 0 N–H and O–H groups in total. The van der Waals surface area contributed by atoms with Gasteiger partial charge in [0.2, 0.25) is 5.70 Å². The van der Waals surface area contributed by atoms with Gasteiger partial charge in [-0.05, 0) is 84.0 Å². The minimum Gasteiger partial charge on any atom is -0.369 e. The quantitative estimate of drug-likeness (QED) is 0.627. The van der Waals surface area contributed by atoms with Crippen molar-refractivity contribution in [2.45, 2.75) is 57.6 Å². The third-order valence-electron chi connectivity index (χ3n) is 6.95. The molecule has 0 amide bonds. The van der Waals surface area contributed by atoms with Crippen LogP contribution in [0.5, 0.6) is 0 Å². The van der Waals surface area contributed by atoms with Crippen LogP contribution in [0.1, 0.15) is 57.1 Å². The number of benzene rings is 1. The predicted molar refractivity (Wildman–Crippen MR) is 131 cm³/mol. The van der Waals surface area contributed by atoms with Gasteiger partial charge in [0.15, 0.2) is 0 Å². The number of ether oxygens (including phenoxy) is 1. The van der Waals surface area contributed by atoms with Crippen LogP contribution in [-0.2, 0) is 10.3 Å². The number of nitrogens with zero attached hydrogens (tertiary/aromatic N) is 3. The zero-order valence-corrected chi connectivity index (χ0v) is 19.9. The van der Waals surface area contributed by atoms with Crippen LogP contribution in [0, 0.1) is 0 Å². The Bertz CT molecular complexity index is 936. The standard InChI is InChI=1S/C27H38N3O/c1-27(2)24-20-22(25-8-6-7-16-29(25)5)11-14-26(24)30(18-19-31-27)17-15-21-9-12-23(13-10-21)28(3)4/h8-9,11,14-17,20,23H,6-7,10,12-13,18-19H2,1-5H3/q+1/b17-15+. The highest BCUT2D eigenvalue weighted by Gasteiger charge is 2.31. The maximum absolute atomic E-state index is 6.31. The van der Waals surface area contributed by atoms with E-state index < -0.39 is 0 Å². The highest BCUT2D eigenvalue weighted by atomic mass is 16.5. The van der Waals surface area contributed by atoms with E-state index in [9.17, 15) is 0 Å². The molecule has 0 radical (unpaired) electrons. The summed E-state index contributed by atoms with van der Waals surface area (Å²) in [6.45, 7) is 5.98. The molecular weight excluding hydrogens is 382 g/mol. The summed E-state index contributed by atoms with van der Waals surface area (Å²) < 4.78 is 8.57. The van der Waals surface area contributed by atoms with Crippen molar-refractivity contribution in [2.24, 2.45) is 0 Å². The topological polar surface area (TPSA) is 18.7 Å². The third-order valence-corrected chi connectivity index (χ3v) is 6.95. The Kier molecular flexibility index (Phi) is 6.49. The summed E-state index contributed by atoms with van der Waals surface area (Å²) in [5, 5.41) is 0. The third kappa shape index (κ3) is 4.86. The Hall–Kier alpha value is -2.17. The average molecular weight is 421 g/mol. The Balaban J connectivity index is 1.62. The summed E-state index contributed by atoms with van der Waals surface area (Å²) in [5.41, 5.74) is 6.22. The molecule has 0 aromatic heterocycles. The molecule has 4 heteroatoms. The summed E-state index contributed by atoms with van der Waals surface area (Å²) in [5.74, 6) is 0. The number of rotatable bonds is 4. The fourth-order valence-electron chi connectivity index (χ4n) is 4.88. The Morgan fingerprint density at radius 2 is 2.03 bits per heavy atom. The molecule has 1 atom stereocenters. The van der Waals surface area contributed by atoms with E-state index in [-0.39, 0.29) is 5.60 Å². The van der Waals surface area contributed by atoms with Crippen LogP contribution >= 0.6 is 0 Å². The van der Waals surface area contributed by atoms with Crippen molar-refractivity contribution in [3.8, 4) is 0 Å². The number of allylic oxidation sites excluding steroid dienone is 3. The van der Waals surface area contributed by atoms with E-state index in [2.05, 4.69) is 98.2 Å². The van der Waals surface area contributed by atoms with Gasteiger partial charge in [-0.1, -0.05) is 11.6 Å². The first-order valence-electron chi connectivity index (χ1n) is 11.7. The van der Waals surface area contributed by atoms with Crippen molar-refractivity contribution in [3.05, 3.63) is 59.3 Å². The zero-order valence-electron chi connectivity index (χ0n) is 19.9. The van der Waals surface area contributed by atoms with Gasteiger partial charge in [-0.25, -0.2) is 4.58 Å². The number of anilines is 1. The van der Waals surface area contributed by atoms with E-state index in [1.807, 2.05) is 0 Å². The van der Waals surface area contributed by atoms with Crippen molar-refractivity contribution in [1.29, 1.82) is 0 Å². The second-order valence-corrected chi connectivity index (χ2v) is 9.73. The summed E-state index contributed by atoms with van der Waals surface area (Å²) in [6.07, 6.45) is 17.4. The van der Waals surface area contributed by atoms with Crippen LogP contribution in [-0.4, -0.2) is 56.0 Å². The highest BCUT2D eigenvalue weighted by Crippen LogP contribution is 2.38. The molecule has 31 heavy (non-hydrogen) atoms. The first kappa shape index (κ1) is 22.0. The molecule has 4 nitrogen and oxygen atoms in total. The zero-order chi connectivity index (χ0) is 22.0. The SMILES string of the molecule is CN(C)C1CC=C(/C=C/N2CCOC(C)(C)c3cc(C4=CCCC=[N+]4C)ccc32)CC1. The Morgan fingerprint density at radius 3 is 2.74 bits per heavy atom. The molecule has 2 heterocycles. The molecule has 4 rings (SSSR count). The largest absolute Gasteiger partial charge is 0.369 e. The minimum atomic E-state index is -0.311. The monoisotopic (exact) mass is 420 g/mol. The lowest BCUT2D eigenvalue weighted by Crippen LogP contribution is -2.29. The van der Waals surface area contributed by atoms with Crippen LogP contribution in [0.25, 0.3) is 5.70 Å². The van der Waals surface area contributed by atoms with Gasteiger partial charge in [0.05, 0.1) is 12.2 Å². The van der Waals surface area contributed by atoms with Crippen LogP contribution in [0.2, 0.25) is 0 Å². The maximum atomic E-state index is 6.31. The molecule has 0 spiro atoms. The lowest BCUT2D eigenvalue weighted by atomic mass is 9.92. The summed E-state index contributed by atoms with van der Waals surface area (Å²) >= 11 is 0. The second kappa shape index (κ2) is 9.13. The van der Waals surface area contributed by atoms with E-state index in [1.54, 1.807) is 0 Å². The molecule has 0 fully saturated rings. The predicted octanol–water partition coefficient (Wildman–Crippen LogP) is 5.16. The van der Waals surface area contributed by atoms with Crippen molar-refractivity contribution >= 4 is 17.6 Å². The summed E-state index contributed by atoms with van der Waals surface area (Å²) in [7, 11) is 6.51. The van der Waals surface area contributed by atoms with E-state index in [1.165, 1.54) is 34.5 Å². The first-order valence-corrected chi connectivity index (χ1v) is 11.7. The van der Waals surface area contributed by atoms with E-state index in [4.69, 9.17) is 4.74 Å². The molecular formula is C27H38N3O+. The van der Waals surface area contributed by atoms with Gasteiger partial charge in [-0.3, -0.25) is 0 Å². The van der Waals surface area contributed by atoms with Crippen molar-refractivity contribution in [2.75, 3.05) is 39.2 Å². The molecule has 0 saturated heterocycles. The first-order chi connectivity index (χ1) is 14.8. The molecule has 1 aromatic rings. The van der Waals surface area contributed by atoms with Crippen LogP contribution in [0.3, 0.4) is 0 Å². The number of fused-ring (bicyclic) bond motifs is 1. The van der Waals surface area contributed by atoms with Crippen LogP contribution in [0.15, 0.2) is 48.2 Å². The summed E-state index contributed by atoms with van der Waals surface area (Å²) in [4.78, 5) is 4.72. The van der Waals surface area contributed by atoms with Crippen molar-refractivity contribution < 1.29 is 9.31 Å². The van der Waals surface area contributed by atoms with Gasteiger partial charge in [0.25, 0.3) is 0 Å². The average Bonchev–Trinajstić information content (AvgIpc) is 2.88. The Morgan fingerprint density at radius 1 is 1.19 bits per heavy atom. The lowest BCUT2D eigenvalue weighted by molar-refractivity contribution is -0.393. The normalized spacial score (nSPS) is 23.9. The molecule has 1 aliphatic carbocycles. The van der Waals surface area contributed by atoms with E-state index in [0.717, 1.165) is 38.8 Å². The van der Waals surface area contributed by atoms with Gasteiger partial charge < -0.3 is 14.5 Å². The highest BCUT2D eigenvalue weighted by molar-refractivity contribution is 5.70. The van der Waals surface area contributed by atoms with Gasteiger partial charge >= 0.3 is 0 Å². The fourth-order valence-corrected chi connectivity index (χ4v) is 4.88. The lowest BCUT2D eigenvalue weighted by Gasteiger charge is -2.28. The smallest absolute Gasteiger partial charge is 0.207 e. The molecule has 2 aliphatic heterocycles. The molecule has 1 unspecified atom stereocenters. The van der Waals surface area contributed by atoms with Crippen molar-refractivity contribution in [1.82, 2.24) is 4.90 Å². The second-order valence-electron chi connectivity index (χ2n) is 9.73. The number of hydrogen-bond acceptors (Lipinski definition) is 3. The van der Waals surface area contributed by atoms with Crippen molar-refractivity contribution in [3.63, 3.8) is 0 Å². The molecule has 0 saturated carbocycles. The molecule has 0 bridgehead atoms. The van der Waals surface area contributed by atoms with E-state index >= 15 is 0 Å². The van der Waals surface area contributed by atoms with Gasteiger partial charge in [-0.2, -0.15) is 0 Å². The van der Waals surface area contributed by atoms with Crippen LogP contribution in [0.4, 0.5) is 5.69 Å². The van der Waals surface area contributed by atoms with Gasteiger partial charge in [0.1, 0.15) is 13.3 Å². The van der Waals surface area contributed by atoms with Gasteiger partial charge in [0, 0.05) is 42.0 Å². The molecule has 166 valence electrons. The number of hydrogen-bond donors (Lipinski definition) is 0. The maximum Gasteiger partial charge on any atom is 0.207 e. The molecule has 1 aromatic carbocycles. The van der Waals surface area contributed by atoms with Gasteiger partial charge in [-0.15, -0.1) is 0 Å². The minimum absolute atomic E-state index is 0.311. The van der Waals surface area contributed by atoms with Crippen LogP contribution < -0.4 is 4.90 Å². The van der Waals surface area contributed by atoms with E-state index in [0.29, 0.717) is 6.04 Å².